The Balaban J connectivity index is 2.04. The van der Waals surface area contributed by atoms with Gasteiger partial charge in [0.2, 0.25) is 0 Å². The maximum absolute atomic E-state index is 5.92. The average molecular weight is 282 g/mol. The quantitative estimate of drug-likeness (QED) is 0.752. The summed E-state index contributed by atoms with van der Waals surface area (Å²) in [6.45, 7) is 2.46. The number of anilines is 1. The van der Waals surface area contributed by atoms with E-state index in [9.17, 15) is 0 Å². The van der Waals surface area contributed by atoms with E-state index in [0.717, 1.165) is 25.3 Å². The van der Waals surface area contributed by atoms with Gasteiger partial charge in [-0.25, -0.2) is 4.98 Å². The monoisotopic (exact) mass is 281 g/mol. The van der Waals surface area contributed by atoms with Crippen LogP contribution in [0.5, 0.6) is 0 Å². The van der Waals surface area contributed by atoms with Gasteiger partial charge in [0, 0.05) is 20.2 Å². The fourth-order valence-corrected chi connectivity index (χ4v) is 2.46. The van der Waals surface area contributed by atoms with Gasteiger partial charge in [-0.1, -0.05) is 23.8 Å². The lowest BCUT2D eigenvalue weighted by molar-refractivity contribution is 0.203. The molecule has 0 spiro atoms. The Kier molecular flexibility index (Phi) is 5.61. The van der Waals surface area contributed by atoms with E-state index in [2.05, 4.69) is 27.0 Å². The fraction of sp³-hybridized carbons (Fsp3) is 0.571. The maximum atomic E-state index is 5.92. The second-order valence-electron chi connectivity index (χ2n) is 4.79. The van der Waals surface area contributed by atoms with E-state index < -0.39 is 0 Å². The Bertz CT molecular complexity index is 425. The predicted octanol–water partition coefficient (Wildman–Crippen LogP) is 2.94. The van der Waals surface area contributed by atoms with Gasteiger partial charge in [0.05, 0.1) is 19.0 Å². The first-order valence-corrected chi connectivity index (χ1v) is 7.04. The number of methoxy groups -OCH3 is 1. The molecule has 104 valence electrons. The normalized spacial score (nSPS) is 18.5. The highest BCUT2D eigenvalue weighted by atomic mass is 35.5. The van der Waals surface area contributed by atoms with Crippen molar-refractivity contribution in [1.82, 2.24) is 9.97 Å². The van der Waals surface area contributed by atoms with Gasteiger partial charge in [-0.15, -0.1) is 0 Å². The van der Waals surface area contributed by atoms with Crippen LogP contribution in [-0.4, -0.2) is 36.8 Å². The minimum Gasteiger partial charge on any atom is -0.383 e. The molecule has 0 bridgehead atoms. The molecule has 5 heteroatoms. The smallest absolute Gasteiger partial charge is 0.149 e. The molecule has 19 heavy (non-hydrogen) atoms. The lowest BCUT2D eigenvalue weighted by Gasteiger charge is -2.28. The van der Waals surface area contributed by atoms with Gasteiger partial charge < -0.3 is 9.64 Å². The van der Waals surface area contributed by atoms with Gasteiger partial charge in [0.15, 0.2) is 0 Å². The van der Waals surface area contributed by atoms with Crippen molar-refractivity contribution in [2.24, 2.45) is 5.92 Å². The summed E-state index contributed by atoms with van der Waals surface area (Å²) in [7, 11) is 1.71. The third kappa shape index (κ3) is 4.48. The number of allylic oxidation sites excluding steroid dienone is 2. The van der Waals surface area contributed by atoms with Crippen molar-refractivity contribution in [3.05, 3.63) is 29.7 Å². The fourth-order valence-electron chi connectivity index (χ4n) is 2.32. The molecule has 0 saturated carbocycles. The van der Waals surface area contributed by atoms with Crippen LogP contribution in [-0.2, 0) is 4.74 Å². The Labute approximate surface area is 119 Å². The van der Waals surface area contributed by atoms with Crippen molar-refractivity contribution in [2.75, 3.05) is 31.7 Å². The summed E-state index contributed by atoms with van der Waals surface area (Å²) in [5.74, 6) is 1.50. The van der Waals surface area contributed by atoms with E-state index in [1.54, 1.807) is 19.5 Å². The highest BCUT2D eigenvalue weighted by Crippen LogP contribution is 2.22. The lowest BCUT2D eigenvalue weighted by Crippen LogP contribution is -2.33. The van der Waals surface area contributed by atoms with Crippen LogP contribution in [0.25, 0.3) is 0 Å². The molecule has 0 aliphatic heterocycles. The molecule has 0 N–H and O–H groups in total. The van der Waals surface area contributed by atoms with Gasteiger partial charge in [-0.3, -0.25) is 4.98 Å². The molecule has 0 amide bonds. The van der Waals surface area contributed by atoms with Crippen LogP contribution < -0.4 is 4.90 Å². The minimum atomic E-state index is 0.434. The Hall–Kier alpha value is -1.13. The van der Waals surface area contributed by atoms with Crippen molar-refractivity contribution in [1.29, 1.82) is 0 Å². The molecule has 0 fully saturated rings. The van der Waals surface area contributed by atoms with E-state index in [-0.39, 0.29) is 0 Å². The zero-order chi connectivity index (χ0) is 13.5. The molecule has 1 aliphatic rings. The topological polar surface area (TPSA) is 38.2 Å². The number of hydrogen-bond acceptors (Lipinski definition) is 4. The molecule has 1 heterocycles. The Morgan fingerprint density at radius 3 is 3.00 bits per heavy atom. The first kappa shape index (κ1) is 14.3. The van der Waals surface area contributed by atoms with Gasteiger partial charge in [-0.05, 0) is 25.2 Å². The first-order valence-electron chi connectivity index (χ1n) is 6.66. The first-order chi connectivity index (χ1) is 9.29. The molecular weight excluding hydrogens is 262 g/mol. The summed E-state index contributed by atoms with van der Waals surface area (Å²) in [6, 6.07) is 0. The second-order valence-corrected chi connectivity index (χ2v) is 5.18. The molecule has 1 aliphatic carbocycles. The van der Waals surface area contributed by atoms with Crippen molar-refractivity contribution in [2.45, 2.75) is 19.3 Å². The molecule has 0 saturated heterocycles. The molecule has 1 atom stereocenters. The second kappa shape index (κ2) is 7.46. The van der Waals surface area contributed by atoms with Gasteiger partial charge in [-0.2, -0.15) is 0 Å². The number of ether oxygens (including phenoxy) is 1. The summed E-state index contributed by atoms with van der Waals surface area (Å²) >= 11 is 5.92. The molecule has 0 radical (unpaired) electrons. The summed E-state index contributed by atoms with van der Waals surface area (Å²) in [6.07, 6.45) is 11.4. The van der Waals surface area contributed by atoms with Gasteiger partial charge >= 0.3 is 0 Å². The Morgan fingerprint density at radius 1 is 1.42 bits per heavy atom. The minimum absolute atomic E-state index is 0.434. The van der Waals surface area contributed by atoms with Crippen LogP contribution in [0.4, 0.5) is 5.82 Å². The van der Waals surface area contributed by atoms with E-state index in [4.69, 9.17) is 16.3 Å². The number of halogens is 1. The van der Waals surface area contributed by atoms with Crippen LogP contribution in [0.2, 0.25) is 5.15 Å². The SMILES string of the molecule is COCCN(CC1CC=CCC1)c1cncc(Cl)n1. The maximum Gasteiger partial charge on any atom is 0.149 e. The van der Waals surface area contributed by atoms with Crippen LogP contribution in [0.3, 0.4) is 0 Å². The van der Waals surface area contributed by atoms with Crippen LogP contribution in [0.1, 0.15) is 19.3 Å². The number of aromatic nitrogens is 2. The summed E-state index contributed by atoms with van der Waals surface area (Å²) in [5, 5.41) is 0.434. The van der Waals surface area contributed by atoms with E-state index >= 15 is 0 Å². The molecule has 2 rings (SSSR count). The molecule has 4 nitrogen and oxygen atoms in total. The number of nitrogens with zero attached hydrogens (tertiary/aromatic N) is 3. The zero-order valence-corrected chi connectivity index (χ0v) is 12.0. The molecule has 1 aromatic heterocycles. The Morgan fingerprint density at radius 2 is 2.32 bits per heavy atom. The van der Waals surface area contributed by atoms with Crippen molar-refractivity contribution in [3.8, 4) is 0 Å². The summed E-state index contributed by atoms with van der Waals surface area (Å²) in [5.41, 5.74) is 0. The standard InChI is InChI=1S/C14H20ClN3O/c1-19-8-7-18(11-12-5-3-2-4-6-12)14-10-16-9-13(15)17-14/h2-3,9-10,12H,4-8,11H2,1H3. The lowest BCUT2D eigenvalue weighted by atomic mass is 9.94. The molecule has 0 aromatic carbocycles. The number of hydrogen-bond donors (Lipinski definition) is 0. The van der Waals surface area contributed by atoms with Gasteiger partial charge in [0.25, 0.3) is 0 Å². The molecule has 1 aromatic rings. The summed E-state index contributed by atoms with van der Waals surface area (Å²) < 4.78 is 5.18. The highest BCUT2D eigenvalue weighted by molar-refractivity contribution is 6.29. The zero-order valence-electron chi connectivity index (χ0n) is 11.3. The highest BCUT2D eigenvalue weighted by Gasteiger charge is 2.16. The number of rotatable bonds is 6. The average Bonchev–Trinajstić information content (AvgIpc) is 2.44. The van der Waals surface area contributed by atoms with Gasteiger partial charge in [0.1, 0.15) is 11.0 Å². The van der Waals surface area contributed by atoms with E-state index in [1.807, 2.05) is 0 Å². The van der Waals surface area contributed by atoms with Crippen molar-refractivity contribution in [3.63, 3.8) is 0 Å². The summed E-state index contributed by atoms with van der Waals surface area (Å²) in [4.78, 5) is 10.7. The molecule has 1 unspecified atom stereocenters. The van der Waals surface area contributed by atoms with Crippen LogP contribution >= 0.6 is 11.6 Å². The van der Waals surface area contributed by atoms with E-state index in [0.29, 0.717) is 17.7 Å². The largest absolute Gasteiger partial charge is 0.383 e. The third-order valence-corrected chi connectivity index (χ3v) is 3.52. The van der Waals surface area contributed by atoms with Crippen molar-refractivity contribution < 1.29 is 4.74 Å². The molecular formula is C14H20ClN3O. The van der Waals surface area contributed by atoms with Crippen molar-refractivity contribution >= 4 is 17.4 Å². The third-order valence-electron chi connectivity index (χ3n) is 3.34. The van der Waals surface area contributed by atoms with Crippen LogP contribution in [0, 0.1) is 5.92 Å². The predicted molar refractivity (Wildman–Crippen MR) is 77.6 cm³/mol. The van der Waals surface area contributed by atoms with E-state index in [1.165, 1.54) is 12.8 Å². The van der Waals surface area contributed by atoms with Crippen LogP contribution in [0.15, 0.2) is 24.5 Å².